The van der Waals surface area contributed by atoms with E-state index in [4.69, 9.17) is 0 Å². The minimum atomic E-state index is -1.40. The number of nitriles is 1. The summed E-state index contributed by atoms with van der Waals surface area (Å²) in [5.74, 6) is -0.0834. The van der Waals surface area contributed by atoms with Crippen LogP contribution in [0.2, 0.25) is 0 Å². The molecule has 1 fully saturated rings. The van der Waals surface area contributed by atoms with Crippen LogP contribution in [-0.4, -0.2) is 21.7 Å². The highest BCUT2D eigenvalue weighted by Gasteiger charge is 2.51. The number of allylic oxidation sites excluding steroid dienone is 1. The van der Waals surface area contributed by atoms with Crippen LogP contribution in [-0.2, 0) is 10.5 Å². The molecule has 0 radical (unpaired) electrons. The van der Waals surface area contributed by atoms with E-state index >= 15 is 0 Å². The molecular formula is C20H16N2O2S. The number of amides is 1. The van der Waals surface area contributed by atoms with Gasteiger partial charge in [0, 0.05) is 17.9 Å². The van der Waals surface area contributed by atoms with Crippen molar-refractivity contribution >= 4 is 17.7 Å². The molecule has 0 spiro atoms. The Labute approximate surface area is 150 Å². The second kappa shape index (κ2) is 6.07. The van der Waals surface area contributed by atoms with Gasteiger partial charge in [0.1, 0.15) is 0 Å². The van der Waals surface area contributed by atoms with Crippen LogP contribution in [0, 0.1) is 11.3 Å². The molecular weight excluding hydrogens is 332 g/mol. The number of hydrogen-bond donors (Lipinski definition) is 1. The fraction of sp³-hybridized carbons (Fsp3) is 0.200. The van der Waals surface area contributed by atoms with E-state index in [1.165, 1.54) is 16.7 Å². The number of nitrogens with zero attached hydrogens (tertiary/aromatic N) is 2. The van der Waals surface area contributed by atoms with Gasteiger partial charge in [-0.25, -0.2) is 0 Å². The van der Waals surface area contributed by atoms with Gasteiger partial charge in [0.25, 0.3) is 0 Å². The van der Waals surface area contributed by atoms with Crippen molar-refractivity contribution in [1.29, 1.82) is 5.26 Å². The van der Waals surface area contributed by atoms with Crippen molar-refractivity contribution in [2.45, 2.75) is 18.1 Å². The summed E-state index contributed by atoms with van der Waals surface area (Å²) in [6, 6.07) is 21.1. The van der Waals surface area contributed by atoms with Gasteiger partial charge in [-0.1, -0.05) is 60.7 Å². The summed E-state index contributed by atoms with van der Waals surface area (Å²) < 4.78 is 0. The number of hydrogen-bond acceptors (Lipinski definition) is 4. The maximum atomic E-state index is 12.9. The lowest BCUT2D eigenvalue weighted by Crippen LogP contribution is -2.48. The SMILES string of the molecule is N#CC1=C2SC[C@](O)(c3ccccc3)N2C(=O)C[C@H]1c1ccccc1. The van der Waals surface area contributed by atoms with Crippen molar-refractivity contribution in [1.82, 2.24) is 4.90 Å². The first-order chi connectivity index (χ1) is 12.1. The fourth-order valence-electron chi connectivity index (χ4n) is 3.51. The molecule has 1 amide bonds. The van der Waals surface area contributed by atoms with Crippen molar-refractivity contribution in [3.05, 3.63) is 82.4 Å². The Bertz CT molecular complexity index is 889. The van der Waals surface area contributed by atoms with Crippen LogP contribution in [0.3, 0.4) is 0 Å². The first-order valence-electron chi connectivity index (χ1n) is 8.08. The molecule has 5 heteroatoms. The third kappa shape index (κ3) is 2.46. The second-order valence-corrected chi connectivity index (χ2v) is 7.16. The molecule has 124 valence electrons. The molecule has 0 unspecified atom stereocenters. The lowest BCUT2D eigenvalue weighted by molar-refractivity contribution is -0.149. The smallest absolute Gasteiger partial charge is 0.231 e. The second-order valence-electron chi connectivity index (χ2n) is 6.20. The van der Waals surface area contributed by atoms with Gasteiger partial charge in [-0.3, -0.25) is 9.69 Å². The molecule has 0 saturated carbocycles. The predicted molar refractivity (Wildman–Crippen MR) is 96.1 cm³/mol. The van der Waals surface area contributed by atoms with Gasteiger partial charge < -0.3 is 5.11 Å². The van der Waals surface area contributed by atoms with Crippen molar-refractivity contribution in [2.24, 2.45) is 0 Å². The molecule has 2 atom stereocenters. The zero-order valence-corrected chi connectivity index (χ0v) is 14.2. The van der Waals surface area contributed by atoms with Crippen molar-refractivity contribution in [3.8, 4) is 6.07 Å². The van der Waals surface area contributed by atoms with Gasteiger partial charge in [-0.2, -0.15) is 5.26 Å². The summed E-state index contributed by atoms with van der Waals surface area (Å²) >= 11 is 1.38. The first kappa shape index (κ1) is 15.9. The Morgan fingerprint density at radius 1 is 1.12 bits per heavy atom. The van der Waals surface area contributed by atoms with E-state index in [9.17, 15) is 15.2 Å². The predicted octanol–water partition coefficient (Wildman–Crippen LogP) is 3.33. The molecule has 2 aliphatic heterocycles. The average Bonchev–Trinajstić information content (AvgIpc) is 3.02. The van der Waals surface area contributed by atoms with Gasteiger partial charge in [0.05, 0.1) is 22.4 Å². The summed E-state index contributed by atoms with van der Waals surface area (Å²) in [4.78, 5) is 14.3. The van der Waals surface area contributed by atoms with E-state index in [0.29, 0.717) is 21.9 Å². The number of aliphatic hydroxyl groups is 1. The number of thioether (sulfide) groups is 1. The zero-order valence-electron chi connectivity index (χ0n) is 13.4. The first-order valence-corrected chi connectivity index (χ1v) is 9.06. The summed E-state index contributed by atoms with van der Waals surface area (Å²) in [6.07, 6.45) is 0.187. The summed E-state index contributed by atoms with van der Waals surface area (Å²) in [7, 11) is 0. The largest absolute Gasteiger partial charge is 0.366 e. The van der Waals surface area contributed by atoms with Crippen LogP contribution in [0.15, 0.2) is 71.3 Å². The van der Waals surface area contributed by atoms with Crippen molar-refractivity contribution < 1.29 is 9.90 Å². The highest BCUT2D eigenvalue weighted by molar-refractivity contribution is 8.03. The third-order valence-electron chi connectivity index (χ3n) is 4.75. The van der Waals surface area contributed by atoms with E-state index in [-0.39, 0.29) is 18.2 Å². The molecule has 0 aliphatic carbocycles. The molecule has 0 bridgehead atoms. The Morgan fingerprint density at radius 3 is 2.40 bits per heavy atom. The molecule has 0 aromatic heterocycles. The fourth-order valence-corrected chi connectivity index (χ4v) is 4.87. The molecule has 4 rings (SSSR count). The Morgan fingerprint density at radius 2 is 1.76 bits per heavy atom. The third-order valence-corrected chi connectivity index (χ3v) is 5.97. The summed E-state index contributed by atoms with van der Waals surface area (Å²) in [5, 5.41) is 21.6. The van der Waals surface area contributed by atoms with Crippen LogP contribution in [0.4, 0.5) is 0 Å². The lowest BCUT2D eigenvalue weighted by Gasteiger charge is -2.38. The van der Waals surface area contributed by atoms with E-state index in [2.05, 4.69) is 6.07 Å². The highest BCUT2D eigenvalue weighted by atomic mass is 32.2. The quantitative estimate of drug-likeness (QED) is 0.904. The van der Waals surface area contributed by atoms with Crippen LogP contribution in [0.1, 0.15) is 23.5 Å². The van der Waals surface area contributed by atoms with E-state index in [1.54, 1.807) is 0 Å². The summed E-state index contributed by atoms with van der Waals surface area (Å²) in [6.45, 7) is 0. The number of carbonyl (C=O) groups excluding carboxylic acids is 1. The Hall–Kier alpha value is -2.55. The van der Waals surface area contributed by atoms with Crippen LogP contribution in [0.5, 0.6) is 0 Å². The number of carbonyl (C=O) groups is 1. The average molecular weight is 348 g/mol. The standard InChI is InChI=1S/C20H16N2O2S/c21-12-17-16(14-7-3-1-4-8-14)11-18(23)22-19(17)25-13-20(22,24)15-9-5-2-6-10-15/h1-10,16,24H,11,13H2/t16-,20-/m0/s1. The molecule has 2 heterocycles. The van der Waals surface area contributed by atoms with Crippen LogP contribution >= 0.6 is 11.8 Å². The Kier molecular flexibility index (Phi) is 3.87. The van der Waals surface area contributed by atoms with Gasteiger partial charge in [0.2, 0.25) is 5.91 Å². The van der Waals surface area contributed by atoms with Gasteiger partial charge in [-0.15, -0.1) is 11.8 Å². The monoisotopic (exact) mass is 348 g/mol. The molecule has 2 aromatic rings. The number of fused-ring (bicyclic) bond motifs is 1. The minimum absolute atomic E-state index is 0.154. The van der Waals surface area contributed by atoms with Gasteiger partial charge >= 0.3 is 0 Å². The normalized spacial score (nSPS) is 25.7. The molecule has 2 aromatic carbocycles. The zero-order chi connectivity index (χ0) is 17.4. The van der Waals surface area contributed by atoms with E-state index in [0.717, 1.165) is 5.56 Å². The lowest BCUT2D eigenvalue weighted by atomic mass is 9.85. The molecule has 25 heavy (non-hydrogen) atoms. The van der Waals surface area contributed by atoms with Crippen LogP contribution in [0.25, 0.3) is 0 Å². The molecule has 4 nitrogen and oxygen atoms in total. The molecule has 1 N–H and O–H groups in total. The highest BCUT2D eigenvalue weighted by Crippen LogP contribution is 2.51. The maximum Gasteiger partial charge on any atom is 0.231 e. The van der Waals surface area contributed by atoms with Gasteiger partial charge in [0.15, 0.2) is 5.72 Å². The maximum absolute atomic E-state index is 12.9. The van der Waals surface area contributed by atoms with Crippen molar-refractivity contribution in [3.63, 3.8) is 0 Å². The van der Waals surface area contributed by atoms with Crippen LogP contribution < -0.4 is 0 Å². The molecule has 2 aliphatic rings. The Balaban J connectivity index is 1.83. The molecule has 1 saturated heterocycles. The van der Waals surface area contributed by atoms with Crippen molar-refractivity contribution in [2.75, 3.05) is 5.75 Å². The van der Waals surface area contributed by atoms with E-state index in [1.807, 2.05) is 60.7 Å². The number of rotatable bonds is 2. The topological polar surface area (TPSA) is 64.3 Å². The van der Waals surface area contributed by atoms with Gasteiger partial charge in [-0.05, 0) is 5.56 Å². The summed E-state index contributed by atoms with van der Waals surface area (Å²) in [5.41, 5.74) is 0.779. The minimum Gasteiger partial charge on any atom is -0.366 e. The number of benzene rings is 2. The van der Waals surface area contributed by atoms with E-state index < -0.39 is 5.72 Å².